The van der Waals surface area contributed by atoms with E-state index >= 15 is 0 Å². The molecule has 0 bridgehead atoms. The van der Waals surface area contributed by atoms with Gasteiger partial charge in [0.25, 0.3) is 5.56 Å². The fourth-order valence-corrected chi connectivity index (χ4v) is 4.90. The van der Waals surface area contributed by atoms with Gasteiger partial charge < -0.3 is 10.1 Å². The molecule has 140 valence electrons. The van der Waals surface area contributed by atoms with Crippen LogP contribution in [0.2, 0.25) is 0 Å². The predicted octanol–water partition coefficient (Wildman–Crippen LogP) is 4.95. The van der Waals surface area contributed by atoms with E-state index in [0.717, 1.165) is 27.4 Å². The number of carbonyl (C=O) groups is 1. The first kappa shape index (κ1) is 18.3. The van der Waals surface area contributed by atoms with Crippen molar-refractivity contribution in [2.45, 2.75) is 13.8 Å². The average molecular weight is 409 g/mol. The van der Waals surface area contributed by atoms with Crippen LogP contribution in [0.5, 0.6) is 0 Å². The van der Waals surface area contributed by atoms with Gasteiger partial charge in [0.05, 0.1) is 5.39 Å². The van der Waals surface area contributed by atoms with Crippen LogP contribution in [0.4, 0.5) is 0 Å². The Labute approximate surface area is 168 Å². The van der Waals surface area contributed by atoms with E-state index in [-0.39, 0.29) is 10.4 Å². The Balaban J connectivity index is 1.96. The molecule has 0 aliphatic carbocycles. The number of aromatic amines is 1. The molecule has 4 aromatic rings. The van der Waals surface area contributed by atoms with Gasteiger partial charge in [0.15, 0.2) is 0 Å². The minimum absolute atomic E-state index is 0.143. The van der Waals surface area contributed by atoms with Gasteiger partial charge in [-0.05, 0) is 43.2 Å². The van der Waals surface area contributed by atoms with Gasteiger partial charge in [0.1, 0.15) is 15.5 Å². The molecule has 7 heteroatoms. The third-order valence-electron chi connectivity index (χ3n) is 4.38. The molecule has 2 N–H and O–H groups in total. The van der Waals surface area contributed by atoms with Gasteiger partial charge in [-0.1, -0.05) is 30.3 Å². The first-order chi connectivity index (χ1) is 13.4. The molecule has 0 radical (unpaired) electrons. The lowest BCUT2D eigenvalue weighted by atomic mass is 10.0. The van der Waals surface area contributed by atoms with Crippen LogP contribution in [-0.4, -0.2) is 21.0 Å². The summed E-state index contributed by atoms with van der Waals surface area (Å²) in [6.45, 7) is 3.68. The predicted molar refractivity (Wildman–Crippen MR) is 114 cm³/mol. The number of carboxylic acid groups (broad SMARTS) is 1. The monoisotopic (exact) mass is 408 g/mol. The van der Waals surface area contributed by atoms with Crippen LogP contribution in [0.3, 0.4) is 0 Å². The minimum Gasteiger partial charge on any atom is -0.477 e. The van der Waals surface area contributed by atoms with Crippen molar-refractivity contribution in [1.29, 1.82) is 0 Å². The minimum atomic E-state index is -1.05. The van der Waals surface area contributed by atoms with Crippen LogP contribution in [0.15, 0.2) is 47.3 Å². The summed E-state index contributed by atoms with van der Waals surface area (Å²) in [5.41, 5.74) is 1.82. The van der Waals surface area contributed by atoms with Gasteiger partial charge in [-0.15, -0.1) is 22.7 Å². The van der Waals surface area contributed by atoms with Gasteiger partial charge in [-0.2, -0.15) is 0 Å². The van der Waals surface area contributed by atoms with Crippen LogP contribution >= 0.6 is 22.7 Å². The summed E-state index contributed by atoms with van der Waals surface area (Å²) in [6, 6.07) is 13.8. The lowest BCUT2D eigenvalue weighted by Crippen LogP contribution is -2.11. The normalized spacial score (nSPS) is 11.9. The van der Waals surface area contributed by atoms with Crippen molar-refractivity contribution < 1.29 is 9.90 Å². The Morgan fingerprint density at radius 2 is 1.86 bits per heavy atom. The largest absolute Gasteiger partial charge is 0.477 e. The standard InChI is InChI=1S/C21H16N2O3S2/c1-11-8-9-14(27-11)10-15(13-6-4-3-5-7-13)18-22-19(24)16-12(2)17(21(25)26)28-20(16)23-18/h3-10H,1-2H3,(H,25,26)(H,22,23,24)/b15-10+. The topological polar surface area (TPSA) is 83.0 Å². The highest BCUT2D eigenvalue weighted by molar-refractivity contribution is 7.20. The highest BCUT2D eigenvalue weighted by atomic mass is 32.1. The molecule has 0 aliphatic rings. The zero-order chi connectivity index (χ0) is 19.8. The Kier molecular flexibility index (Phi) is 4.70. The number of H-pyrrole nitrogens is 1. The van der Waals surface area contributed by atoms with Crippen molar-refractivity contribution in [2.75, 3.05) is 0 Å². The van der Waals surface area contributed by atoms with Crippen molar-refractivity contribution in [3.05, 3.63) is 84.4 Å². The number of benzene rings is 1. The maximum atomic E-state index is 12.7. The summed E-state index contributed by atoms with van der Waals surface area (Å²) in [7, 11) is 0. The number of nitrogens with zero attached hydrogens (tertiary/aromatic N) is 1. The van der Waals surface area contributed by atoms with Gasteiger partial charge in [0.2, 0.25) is 0 Å². The number of hydrogen-bond donors (Lipinski definition) is 2. The van der Waals surface area contributed by atoms with Crippen molar-refractivity contribution in [2.24, 2.45) is 0 Å². The molecule has 28 heavy (non-hydrogen) atoms. The molecule has 0 unspecified atom stereocenters. The molecular formula is C21H16N2O3S2. The van der Waals surface area contributed by atoms with Crippen LogP contribution in [0, 0.1) is 13.8 Å². The number of rotatable bonds is 4. The Hall–Kier alpha value is -3.03. The number of aromatic carboxylic acids is 1. The van der Waals surface area contributed by atoms with E-state index in [1.807, 2.05) is 55.5 Å². The number of fused-ring (bicyclic) bond motifs is 1. The number of carboxylic acids is 1. The fourth-order valence-electron chi connectivity index (χ4n) is 3.05. The second-order valence-electron chi connectivity index (χ2n) is 6.33. The summed E-state index contributed by atoms with van der Waals surface area (Å²) in [5.74, 6) is -0.623. The first-order valence-electron chi connectivity index (χ1n) is 8.54. The summed E-state index contributed by atoms with van der Waals surface area (Å²) in [5, 5.41) is 9.71. The van der Waals surface area contributed by atoms with Gasteiger partial charge in [0, 0.05) is 15.3 Å². The van der Waals surface area contributed by atoms with Crippen molar-refractivity contribution >= 4 is 50.5 Å². The second-order valence-corrected chi connectivity index (χ2v) is 8.65. The lowest BCUT2D eigenvalue weighted by Gasteiger charge is -2.07. The molecule has 3 heterocycles. The van der Waals surface area contributed by atoms with Crippen molar-refractivity contribution in [1.82, 2.24) is 9.97 Å². The van der Waals surface area contributed by atoms with Gasteiger partial charge in [-0.3, -0.25) is 4.79 Å². The van der Waals surface area contributed by atoms with Crippen LogP contribution in [-0.2, 0) is 0 Å². The second kappa shape index (κ2) is 7.18. The maximum absolute atomic E-state index is 12.7. The Bertz CT molecular complexity index is 1280. The molecule has 0 saturated heterocycles. The van der Waals surface area contributed by atoms with E-state index < -0.39 is 5.97 Å². The number of thiophene rings is 2. The Morgan fingerprint density at radius 1 is 1.11 bits per heavy atom. The average Bonchev–Trinajstić information content (AvgIpc) is 3.23. The van der Waals surface area contributed by atoms with Crippen molar-refractivity contribution in [3.63, 3.8) is 0 Å². The summed E-state index contributed by atoms with van der Waals surface area (Å²) < 4.78 is 0. The van der Waals surface area contributed by atoms with E-state index in [1.165, 1.54) is 4.88 Å². The molecule has 1 aromatic carbocycles. The number of aryl methyl sites for hydroxylation is 2. The number of hydrogen-bond acceptors (Lipinski definition) is 5. The van der Waals surface area contributed by atoms with Crippen LogP contribution < -0.4 is 5.56 Å². The van der Waals surface area contributed by atoms with E-state index in [4.69, 9.17) is 0 Å². The molecule has 4 rings (SSSR count). The molecule has 5 nitrogen and oxygen atoms in total. The molecule has 0 spiro atoms. The van der Waals surface area contributed by atoms with E-state index in [2.05, 4.69) is 9.97 Å². The van der Waals surface area contributed by atoms with Gasteiger partial charge in [-0.25, -0.2) is 9.78 Å². The fraction of sp³-hybridized carbons (Fsp3) is 0.0952. The molecule has 3 aromatic heterocycles. The summed E-state index contributed by atoms with van der Waals surface area (Å²) in [6.07, 6.45) is 2.00. The van der Waals surface area contributed by atoms with Gasteiger partial charge >= 0.3 is 5.97 Å². The maximum Gasteiger partial charge on any atom is 0.346 e. The zero-order valence-corrected chi connectivity index (χ0v) is 16.8. The smallest absolute Gasteiger partial charge is 0.346 e. The third-order valence-corrected chi connectivity index (χ3v) is 6.50. The van der Waals surface area contributed by atoms with Crippen LogP contribution in [0.1, 0.15) is 36.4 Å². The molecular weight excluding hydrogens is 392 g/mol. The molecule has 0 atom stereocenters. The number of aromatic nitrogens is 2. The first-order valence-corrected chi connectivity index (χ1v) is 10.2. The zero-order valence-electron chi connectivity index (χ0n) is 15.1. The molecule has 0 aliphatic heterocycles. The van der Waals surface area contributed by atoms with E-state index in [1.54, 1.807) is 18.3 Å². The Morgan fingerprint density at radius 3 is 2.50 bits per heavy atom. The molecule has 0 fully saturated rings. The summed E-state index contributed by atoms with van der Waals surface area (Å²) >= 11 is 2.68. The molecule has 0 amide bonds. The highest BCUT2D eigenvalue weighted by Gasteiger charge is 2.20. The third kappa shape index (κ3) is 3.30. The number of nitrogens with one attached hydrogen (secondary N) is 1. The van der Waals surface area contributed by atoms with E-state index in [0.29, 0.717) is 21.6 Å². The van der Waals surface area contributed by atoms with Crippen LogP contribution in [0.25, 0.3) is 21.9 Å². The summed E-state index contributed by atoms with van der Waals surface area (Å²) in [4.78, 5) is 34.5. The SMILES string of the molecule is Cc1ccc(/C=C(\c2ccccc2)c2nc3sc(C(=O)O)c(C)c3c(=O)[nH]2)s1. The lowest BCUT2D eigenvalue weighted by molar-refractivity contribution is 0.0701. The highest BCUT2D eigenvalue weighted by Crippen LogP contribution is 2.30. The van der Waals surface area contributed by atoms with E-state index in [9.17, 15) is 14.7 Å². The van der Waals surface area contributed by atoms with Crippen molar-refractivity contribution in [3.8, 4) is 0 Å². The molecule has 0 saturated carbocycles. The quantitative estimate of drug-likeness (QED) is 0.500.